The Morgan fingerprint density at radius 3 is 2.77 bits per heavy atom. The van der Waals surface area contributed by atoms with Crippen molar-refractivity contribution < 1.29 is 24.2 Å². The summed E-state index contributed by atoms with van der Waals surface area (Å²) in [6.45, 7) is 0.0602. The van der Waals surface area contributed by atoms with Crippen LogP contribution in [-0.4, -0.2) is 40.9 Å². The smallest absolute Gasteiger partial charge is 0.255 e. The highest BCUT2D eigenvalue weighted by Crippen LogP contribution is 2.34. The minimum Gasteiger partial charge on any atom is -0.496 e. The van der Waals surface area contributed by atoms with Crippen molar-refractivity contribution in [2.75, 3.05) is 7.11 Å². The highest BCUT2D eigenvalue weighted by Gasteiger charge is 2.40. The van der Waals surface area contributed by atoms with Crippen molar-refractivity contribution in [3.8, 4) is 5.75 Å². The molecule has 3 amide bonds. The molecule has 2 aliphatic heterocycles. The molecule has 1 unspecified atom stereocenters. The van der Waals surface area contributed by atoms with Crippen molar-refractivity contribution in [3.63, 3.8) is 0 Å². The molecule has 7 heteroatoms. The topological polar surface area (TPSA) is 95.9 Å². The molecule has 1 atom stereocenters. The number of aliphatic hydroxyl groups excluding tert-OH is 1. The van der Waals surface area contributed by atoms with E-state index in [1.807, 2.05) is 0 Å². The summed E-state index contributed by atoms with van der Waals surface area (Å²) in [6, 6.07) is 2.64. The van der Waals surface area contributed by atoms with E-state index in [1.54, 1.807) is 12.1 Å². The second-order valence-corrected chi connectivity index (χ2v) is 5.38. The maximum atomic E-state index is 12.6. The van der Waals surface area contributed by atoms with Gasteiger partial charge in [0.05, 0.1) is 20.3 Å². The van der Waals surface area contributed by atoms with Gasteiger partial charge in [0.25, 0.3) is 5.91 Å². The maximum Gasteiger partial charge on any atom is 0.255 e. The first-order valence-corrected chi connectivity index (χ1v) is 7.00. The van der Waals surface area contributed by atoms with Gasteiger partial charge in [0.2, 0.25) is 11.8 Å². The lowest BCUT2D eigenvalue weighted by molar-refractivity contribution is -0.136. The van der Waals surface area contributed by atoms with Gasteiger partial charge in [-0.1, -0.05) is 0 Å². The van der Waals surface area contributed by atoms with Crippen molar-refractivity contribution >= 4 is 17.7 Å². The van der Waals surface area contributed by atoms with E-state index in [9.17, 15) is 19.5 Å². The molecule has 1 aromatic carbocycles. The molecule has 1 aromatic rings. The summed E-state index contributed by atoms with van der Waals surface area (Å²) in [7, 11) is 1.50. The van der Waals surface area contributed by atoms with E-state index in [0.29, 0.717) is 28.9 Å². The SMILES string of the molecule is COc1cc(CO)cc2c1CN(C1CCC(=O)NC1=O)C2=O. The fourth-order valence-electron chi connectivity index (χ4n) is 2.96. The van der Waals surface area contributed by atoms with Crippen molar-refractivity contribution in [1.29, 1.82) is 0 Å². The molecular weight excluding hydrogens is 288 g/mol. The zero-order valence-corrected chi connectivity index (χ0v) is 12.1. The first kappa shape index (κ1) is 14.5. The van der Waals surface area contributed by atoms with Gasteiger partial charge in [-0.15, -0.1) is 0 Å². The number of carbonyl (C=O) groups excluding carboxylic acids is 3. The Morgan fingerprint density at radius 1 is 1.36 bits per heavy atom. The molecule has 1 saturated heterocycles. The fourth-order valence-corrected chi connectivity index (χ4v) is 2.96. The van der Waals surface area contributed by atoms with Crippen LogP contribution >= 0.6 is 0 Å². The molecule has 0 spiro atoms. The number of methoxy groups -OCH3 is 1. The zero-order chi connectivity index (χ0) is 15.9. The predicted molar refractivity (Wildman–Crippen MR) is 75.0 cm³/mol. The summed E-state index contributed by atoms with van der Waals surface area (Å²) in [6.07, 6.45) is 0.537. The van der Waals surface area contributed by atoms with Crippen LogP contribution in [-0.2, 0) is 22.7 Å². The zero-order valence-electron chi connectivity index (χ0n) is 12.1. The van der Waals surface area contributed by atoms with Gasteiger partial charge in [-0.25, -0.2) is 0 Å². The largest absolute Gasteiger partial charge is 0.496 e. The number of hydrogen-bond donors (Lipinski definition) is 2. The summed E-state index contributed by atoms with van der Waals surface area (Å²) in [5.41, 5.74) is 1.72. The number of ether oxygens (including phenoxy) is 1. The van der Waals surface area contributed by atoms with Crippen LogP contribution in [0.15, 0.2) is 12.1 Å². The Morgan fingerprint density at radius 2 is 2.14 bits per heavy atom. The van der Waals surface area contributed by atoms with E-state index >= 15 is 0 Å². The average molecular weight is 304 g/mol. The summed E-state index contributed by atoms with van der Waals surface area (Å²) < 4.78 is 5.28. The maximum absolute atomic E-state index is 12.6. The molecular formula is C15H16N2O5. The first-order valence-electron chi connectivity index (χ1n) is 7.00. The molecule has 116 valence electrons. The number of rotatable bonds is 3. The van der Waals surface area contributed by atoms with Crippen LogP contribution < -0.4 is 10.1 Å². The number of fused-ring (bicyclic) bond motifs is 1. The van der Waals surface area contributed by atoms with Gasteiger partial charge in [-0.2, -0.15) is 0 Å². The fraction of sp³-hybridized carbons (Fsp3) is 0.400. The van der Waals surface area contributed by atoms with Crippen LogP contribution in [0.4, 0.5) is 0 Å². The molecule has 2 heterocycles. The van der Waals surface area contributed by atoms with Crippen LogP contribution in [0.25, 0.3) is 0 Å². The second kappa shape index (κ2) is 5.42. The Labute approximate surface area is 126 Å². The van der Waals surface area contributed by atoms with Crippen LogP contribution in [0.5, 0.6) is 5.75 Å². The number of nitrogens with one attached hydrogen (secondary N) is 1. The van der Waals surface area contributed by atoms with Gasteiger partial charge >= 0.3 is 0 Å². The van der Waals surface area contributed by atoms with E-state index in [0.717, 1.165) is 0 Å². The second-order valence-electron chi connectivity index (χ2n) is 5.38. The highest BCUT2D eigenvalue weighted by atomic mass is 16.5. The quantitative estimate of drug-likeness (QED) is 0.763. The van der Waals surface area contributed by atoms with Gasteiger partial charge in [0.1, 0.15) is 11.8 Å². The third-order valence-electron chi connectivity index (χ3n) is 4.08. The normalized spacial score (nSPS) is 20.9. The molecule has 1 fully saturated rings. The first-order chi connectivity index (χ1) is 10.5. The number of piperidine rings is 1. The monoisotopic (exact) mass is 304 g/mol. The Balaban J connectivity index is 1.94. The number of carbonyl (C=O) groups is 3. The van der Waals surface area contributed by atoms with Gasteiger partial charge < -0.3 is 14.7 Å². The van der Waals surface area contributed by atoms with Gasteiger partial charge in [0, 0.05) is 17.5 Å². The van der Waals surface area contributed by atoms with Crippen molar-refractivity contribution in [3.05, 3.63) is 28.8 Å². The highest BCUT2D eigenvalue weighted by molar-refractivity contribution is 6.05. The van der Waals surface area contributed by atoms with Crippen molar-refractivity contribution in [2.45, 2.75) is 32.0 Å². The Hall–Kier alpha value is -2.41. The standard InChI is InChI=1S/C15H16N2O5/c1-22-12-5-8(7-18)4-9-10(12)6-17(15(9)21)11-2-3-13(19)16-14(11)20/h4-5,11,18H,2-3,6-7H2,1H3,(H,16,19,20). The van der Waals surface area contributed by atoms with Crippen LogP contribution in [0, 0.1) is 0 Å². The lowest BCUT2D eigenvalue weighted by Crippen LogP contribution is -2.52. The van der Waals surface area contributed by atoms with Crippen LogP contribution in [0.1, 0.15) is 34.3 Å². The number of hydrogen-bond acceptors (Lipinski definition) is 5. The third kappa shape index (κ3) is 2.23. The number of aliphatic hydroxyl groups is 1. The van der Waals surface area contributed by atoms with Crippen LogP contribution in [0.3, 0.4) is 0 Å². The molecule has 2 N–H and O–H groups in total. The van der Waals surface area contributed by atoms with Gasteiger partial charge in [-0.3, -0.25) is 19.7 Å². The lowest BCUT2D eigenvalue weighted by atomic mass is 10.0. The molecule has 3 rings (SSSR count). The molecule has 0 aliphatic carbocycles. The molecule has 7 nitrogen and oxygen atoms in total. The van der Waals surface area contributed by atoms with E-state index < -0.39 is 11.9 Å². The summed E-state index contributed by atoms with van der Waals surface area (Å²) >= 11 is 0. The average Bonchev–Trinajstić information content (AvgIpc) is 2.83. The Kier molecular flexibility index (Phi) is 3.58. The number of imide groups is 1. The molecule has 0 aromatic heterocycles. The van der Waals surface area contributed by atoms with Gasteiger partial charge in [0.15, 0.2) is 0 Å². The number of benzene rings is 1. The molecule has 2 aliphatic rings. The number of nitrogens with zero attached hydrogens (tertiary/aromatic N) is 1. The molecule has 0 radical (unpaired) electrons. The molecule has 0 bridgehead atoms. The van der Waals surface area contributed by atoms with E-state index in [1.165, 1.54) is 12.0 Å². The Bertz CT molecular complexity index is 670. The minimum absolute atomic E-state index is 0.199. The van der Waals surface area contributed by atoms with E-state index in [-0.39, 0.29) is 31.4 Å². The van der Waals surface area contributed by atoms with E-state index in [4.69, 9.17) is 4.74 Å². The minimum atomic E-state index is -0.653. The summed E-state index contributed by atoms with van der Waals surface area (Å²) in [5, 5.41) is 11.5. The van der Waals surface area contributed by atoms with Crippen molar-refractivity contribution in [2.24, 2.45) is 0 Å². The van der Waals surface area contributed by atoms with E-state index in [2.05, 4.69) is 5.32 Å². The van der Waals surface area contributed by atoms with Crippen LogP contribution in [0.2, 0.25) is 0 Å². The lowest BCUT2D eigenvalue weighted by Gasteiger charge is -2.29. The molecule has 0 saturated carbocycles. The number of amides is 3. The predicted octanol–water partition coefficient (Wildman–Crippen LogP) is -0.0515. The van der Waals surface area contributed by atoms with Gasteiger partial charge in [-0.05, 0) is 24.1 Å². The third-order valence-corrected chi connectivity index (χ3v) is 4.08. The van der Waals surface area contributed by atoms with Crippen molar-refractivity contribution in [1.82, 2.24) is 10.2 Å². The summed E-state index contributed by atoms with van der Waals surface area (Å²) in [4.78, 5) is 37.2. The molecule has 22 heavy (non-hydrogen) atoms. The summed E-state index contributed by atoms with van der Waals surface area (Å²) in [5.74, 6) is -0.521.